The molecule has 2 rings (SSSR count). The predicted octanol–water partition coefficient (Wildman–Crippen LogP) is 3.35. The topological polar surface area (TPSA) is 89.1 Å². The second-order valence-electron chi connectivity index (χ2n) is 4.46. The van der Waals surface area contributed by atoms with E-state index in [2.05, 4.69) is 36.4 Å². The van der Waals surface area contributed by atoms with Crippen LogP contribution in [-0.4, -0.2) is 41.1 Å². The molecular formula is C15H17BrN4O3S. The van der Waals surface area contributed by atoms with E-state index in [4.69, 9.17) is 9.47 Å². The van der Waals surface area contributed by atoms with E-state index in [0.717, 1.165) is 15.8 Å². The molecule has 128 valence electrons. The van der Waals surface area contributed by atoms with Crippen molar-refractivity contribution in [2.45, 2.75) is 12.1 Å². The lowest BCUT2D eigenvalue weighted by atomic mass is 10.2. The van der Waals surface area contributed by atoms with Crippen molar-refractivity contribution in [1.82, 2.24) is 15.2 Å². The highest BCUT2D eigenvalue weighted by Crippen LogP contribution is 2.36. The van der Waals surface area contributed by atoms with Gasteiger partial charge in [0.1, 0.15) is 0 Å². The number of H-pyrrole nitrogens is 1. The number of aromatic amines is 1. The van der Waals surface area contributed by atoms with Crippen molar-refractivity contribution in [3.63, 3.8) is 0 Å². The van der Waals surface area contributed by atoms with Gasteiger partial charge in [0.15, 0.2) is 11.5 Å². The molecule has 0 aliphatic heterocycles. The largest absolute Gasteiger partial charge is 0.493 e. The maximum atomic E-state index is 12.0. The number of anilines is 1. The average molecular weight is 413 g/mol. The maximum Gasteiger partial charge on any atom is 0.250 e. The Morgan fingerprint density at radius 2 is 2.21 bits per heavy atom. The van der Waals surface area contributed by atoms with Gasteiger partial charge in [-0.1, -0.05) is 18.7 Å². The summed E-state index contributed by atoms with van der Waals surface area (Å²) in [4.78, 5) is 16.1. The van der Waals surface area contributed by atoms with Gasteiger partial charge in [0, 0.05) is 6.08 Å². The summed E-state index contributed by atoms with van der Waals surface area (Å²) < 4.78 is 11.3. The molecule has 0 unspecified atom stereocenters. The molecule has 7 nitrogen and oxygen atoms in total. The Bertz CT molecular complexity index is 748. The summed E-state index contributed by atoms with van der Waals surface area (Å²) in [5, 5.41) is 9.87. The van der Waals surface area contributed by atoms with Crippen LogP contribution in [0, 0.1) is 0 Å². The highest BCUT2D eigenvalue weighted by molar-refractivity contribution is 9.10. The van der Waals surface area contributed by atoms with Crippen LogP contribution in [-0.2, 0) is 4.79 Å². The molecule has 0 aliphatic rings. The fourth-order valence-electron chi connectivity index (χ4n) is 1.86. The van der Waals surface area contributed by atoms with E-state index in [1.165, 1.54) is 17.8 Å². The Hall–Kier alpha value is -2.00. The van der Waals surface area contributed by atoms with Crippen molar-refractivity contribution in [3.8, 4) is 11.5 Å². The molecule has 2 N–H and O–H groups in total. The number of ether oxygens (including phenoxy) is 2. The van der Waals surface area contributed by atoms with Gasteiger partial charge in [-0.15, -0.1) is 5.10 Å². The number of carbonyl (C=O) groups excluding carboxylic acids is 1. The van der Waals surface area contributed by atoms with Crippen LogP contribution in [0.2, 0.25) is 0 Å². The summed E-state index contributed by atoms with van der Waals surface area (Å²) in [5.74, 6) is 2.03. The Morgan fingerprint density at radius 1 is 1.42 bits per heavy atom. The highest BCUT2D eigenvalue weighted by atomic mass is 79.9. The molecule has 9 heteroatoms. The number of methoxy groups -OCH3 is 2. The SMILES string of the molecule is CCSc1n[nH]c(NC(=O)/C=C/c2cc(Br)c(OC)c(OC)c2)n1. The molecule has 1 amide bonds. The van der Waals surface area contributed by atoms with Crippen LogP contribution in [0.1, 0.15) is 12.5 Å². The van der Waals surface area contributed by atoms with Crippen LogP contribution in [0.25, 0.3) is 6.08 Å². The Morgan fingerprint density at radius 3 is 2.88 bits per heavy atom. The number of halogens is 1. The average Bonchev–Trinajstić information content (AvgIpc) is 2.99. The van der Waals surface area contributed by atoms with Crippen LogP contribution in [0.3, 0.4) is 0 Å². The van der Waals surface area contributed by atoms with E-state index in [1.54, 1.807) is 26.4 Å². The Balaban J connectivity index is 2.06. The first-order valence-electron chi connectivity index (χ1n) is 7.03. The minimum Gasteiger partial charge on any atom is -0.493 e. The van der Waals surface area contributed by atoms with Gasteiger partial charge in [-0.2, -0.15) is 4.98 Å². The minimum absolute atomic E-state index is 0.314. The lowest BCUT2D eigenvalue weighted by Gasteiger charge is -2.10. The van der Waals surface area contributed by atoms with Gasteiger partial charge in [-0.05, 0) is 45.5 Å². The van der Waals surface area contributed by atoms with Gasteiger partial charge in [0.2, 0.25) is 11.1 Å². The summed E-state index contributed by atoms with van der Waals surface area (Å²) in [7, 11) is 3.12. The summed E-state index contributed by atoms with van der Waals surface area (Å²) in [6.45, 7) is 2.00. The lowest BCUT2D eigenvalue weighted by molar-refractivity contribution is -0.111. The van der Waals surface area contributed by atoms with Crippen molar-refractivity contribution in [1.29, 1.82) is 0 Å². The van der Waals surface area contributed by atoms with E-state index in [-0.39, 0.29) is 5.91 Å². The van der Waals surface area contributed by atoms with Gasteiger partial charge in [0.25, 0.3) is 5.91 Å². The molecule has 2 aromatic rings. The van der Waals surface area contributed by atoms with E-state index in [9.17, 15) is 4.79 Å². The zero-order chi connectivity index (χ0) is 17.5. The molecule has 0 saturated carbocycles. The number of nitrogens with one attached hydrogen (secondary N) is 2. The highest BCUT2D eigenvalue weighted by Gasteiger charge is 2.10. The molecule has 24 heavy (non-hydrogen) atoms. The van der Waals surface area contributed by atoms with Gasteiger partial charge in [-0.25, -0.2) is 5.10 Å². The Kier molecular flexibility index (Phi) is 6.68. The zero-order valence-electron chi connectivity index (χ0n) is 13.4. The number of rotatable bonds is 7. The first kappa shape index (κ1) is 18.3. The number of hydrogen-bond acceptors (Lipinski definition) is 6. The molecule has 0 aliphatic carbocycles. The third-order valence-electron chi connectivity index (χ3n) is 2.86. The predicted molar refractivity (Wildman–Crippen MR) is 97.7 cm³/mol. The summed E-state index contributed by atoms with van der Waals surface area (Å²) in [6, 6.07) is 3.60. The molecule has 0 saturated heterocycles. The van der Waals surface area contributed by atoms with Crippen molar-refractivity contribution in [2.75, 3.05) is 25.3 Å². The van der Waals surface area contributed by atoms with Crippen LogP contribution in [0.5, 0.6) is 11.5 Å². The van der Waals surface area contributed by atoms with Gasteiger partial charge < -0.3 is 9.47 Å². The van der Waals surface area contributed by atoms with E-state index < -0.39 is 0 Å². The molecule has 0 fully saturated rings. The second kappa shape index (κ2) is 8.74. The molecule has 0 bridgehead atoms. The zero-order valence-corrected chi connectivity index (χ0v) is 15.8. The van der Waals surface area contributed by atoms with E-state index >= 15 is 0 Å². The summed E-state index contributed by atoms with van der Waals surface area (Å²) in [6.07, 6.45) is 3.07. The van der Waals surface area contributed by atoms with E-state index in [1.807, 2.05) is 13.0 Å². The second-order valence-corrected chi connectivity index (χ2v) is 6.55. The molecule has 1 aromatic carbocycles. The molecular weight excluding hydrogens is 396 g/mol. The van der Waals surface area contributed by atoms with Crippen LogP contribution < -0.4 is 14.8 Å². The number of benzene rings is 1. The van der Waals surface area contributed by atoms with Crippen LogP contribution in [0.4, 0.5) is 5.95 Å². The molecule has 0 atom stereocenters. The fraction of sp³-hybridized carbons (Fsp3) is 0.267. The first-order chi connectivity index (χ1) is 11.6. The number of thioether (sulfide) groups is 1. The molecule has 0 radical (unpaired) electrons. The molecule has 1 aromatic heterocycles. The monoisotopic (exact) mass is 412 g/mol. The molecule has 1 heterocycles. The van der Waals surface area contributed by atoms with Crippen molar-refractivity contribution < 1.29 is 14.3 Å². The third kappa shape index (κ3) is 4.75. The van der Waals surface area contributed by atoms with Crippen molar-refractivity contribution in [2.24, 2.45) is 0 Å². The van der Waals surface area contributed by atoms with Gasteiger partial charge >= 0.3 is 0 Å². The number of aromatic nitrogens is 3. The number of hydrogen-bond donors (Lipinski definition) is 2. The molecule has 0 spiro atoms. The minimum atomic E-state index is -0.315. The Labute approximate surface area is 152 Å². The van der Waals surface area contributed by atoms with Crippen LogP contribution in [0.15, 0.2) is 27.8 Å². The fourth-order valence-corrected chi connectivity index (χ4v) is 3.01. The first-order valence-corrected chi connectivity index (χ1v) is 8.81. The normalized spacial score (nSPS) is 10.8. The summed E-state index contributed by atoms with van der Waals surface area (Å²) in [5.41, 5.74) is 0.787. The van der Waals surface area contributed by atoms with Crippen LogP contribution >= 0.6 is 27.7 Å². The van der Waals surface area contributed by atoms with Gasteiger partial charge in [-0.3, -0.25) is 10.1 Å². The third-order valence-corrected chi connectivity index (χ3v) is 4.18. The standard InChI is InChI=1S/C15H17BrN4O3S/c1-4-24-15-18-14(19-20-15)17-12(21)6-5-9-7-10(16)13(23-3)11(8-9)22-2/h5-8H,4H2,1-3H3,(H2,17,18,19,20,21)/b6-5+. The van der Waals surface area contributed by atoms with Crippen molar-refractivity contribution >= 4 is 45.6 Å². The van der Waals surface area contributed by atoms with Crippen molar-refractivity contribution in [3.05, 3.63) is 28.2 Å². The van der Waals surface area contributed by atoms with E-state index in [0.29, 0.717) is 22.6 Å². The lowest BCUT2D eigenvalue weighted by Crippen LogP contribution is -2.09. The number of amides is 1. The number of carbonyl (C=O) groups is 1. The maximum absolute atomic E-state index is 12.0. The van der Waals surface area contributed by atoms with Gasteiger partial charge in [0.05, 0.1) is 18.7 Å². The smallest absolute Gasteiger partial charge is 0.250 e. The quantitative estimate of drug-likeness (QED) is 0.535. The summed E-state index contributed by atoms with van der Waals surface area (Å²) >= 11 is 4.90. The number of nitrogens with zero attached hydrogens (tertiary/aromatic N) is 2.